The van der Waals surface area contributed by atoms with Crippen LogP contribution >= 0.6 is 46.4 Å². The third-order valence-electron chi connectivity index (χ3n) is 9.24. The highest BCUT2D eigenvalue weighted by molar-refractivity contribution is 6.42. The number of hydrogen-bond donors (Lipinski definition) is 2. The fraction of sp³-hybridized carbons (Fsp3) is 0.500. The smallest absolute Gasteiger partial charge is 0.219 e. The Bertz CT molecular complexity index is 1730. The number of ether oxygens (including phenoxy) is 1. The number of nitrogens with zero attached hydrogens (tertiary/aromatic N) is 7. The Labute approximate surface area is 333 Å². The van der Waals surface area contributed by atoms with Gasteiger partial charge in [-0.2, -0.15) is 10.2 Å². The summed E-state index contributed by atoms with van der Waals surface area (Å²) in [6.45, 7) is 15.6. The molecule has 288 valence electrons. The molecule has 0 radical (unpaired) electrons. The van der Waals surface area contributed by atoms with Gasteiger partial charge in [-0.1, -0.05) is 46.4 Å². The summed E-state index contributed by atoms with van der Waals surface area (Å²) in [4.78, 5) is 18.2. The third kappa shape index (κ3) is 13.1. The predicted octanol–water partition coefficient (Wildman–Crippen LogP) is 8.02. The molecular weight excluding hydrogens is 756 g/mol. The molecule has 2 N–H and O–H groups in total. The topological polar surface area (TPSA) is 95.7 Å². The normalized spacial score (nSPS) is 18.1. The number of aromatic nitrogens is 4. The molecule has 0 aliphatic carbocycles. The van der Waals surface area contributed by atoms with Crippen molar-refractivity contribution in [2.45, 2.75) is 58.7 Å². The number of carbonyl (C=O) groups excluding carboxylic acids is 1. The zero-order chi connectivity index (χ0) is 37.7. The van der Waals surface area contributed by atoms with E-state index < -0.39 is 0 Å². The zero-order valence-electron chi connectivity index (χ0n) is 30.8. The van der Waals surface area contributed by atoms with Gasteiger partial charge >= 0.3 is 0 Å². The van der Waals surface area contributed by atoms with Gasteiger partial charge in [0.1, 0.15) is 11.6 Å². The van der Waals surface area contributed by atoms with Crippen molar-refractivity contribution in [3.63, 3.8) is 0 Å². The Kier molecular flexibility index (Phi) is 16.0. The molecule has 0 bridgehead atoms. The summed E-state index contributed by atoms with van der Waals surface area (Å²) in [5.41, 5.74) is 1.77. The molecule has 2 aromatic carbocycles. The van der Waals surface area contributed by atoms with Crippen LogP contribution in [0.4, 0.5) is 11.6 Å². The Morgan fingerprint density at radius 2 is 1.15 bits per heavy atom. The van der Waals surface area contributed by atoms with Crippen LogP contribution in [-0.4, -0.2) is 118 Å². The van der Waals surface area contributed by atoms with E-state index in [-0.39, 0.29) is 5.91 Å². The Balaban J connectivity index is 0.000000204. The van der Waals surface area contributed by atoms with Gasteiger partial charge in [0.15, 0.2) is 0 Å². The fourth-order valence-corrected chi connectivity index (χ4v) is 7.07. The number of hydrogen-bond acceptors (Lipinski definition) is 8. The van der Waals surface area contributed by atoms with E-state index in [0.29, 0.717) is 32.3 Å². The molecule has 0 spiro atoms. The number of unbranched alkanes of at least 4 members (excludes halogenated alkanes) is 2. The molecule has 1 amide bonds. The minimum absolute atomic E-state index is 0.180. The van der Waals surface area contributed by atoms with Crippen LogP contribution in [0.15, 0.2) is 60.9 Å². The van der Waals surface area contributed by atoms with E-state index in [1.807, 2.05) is 47.6 Å². The molecule has 2 aliphatic rings. The molecule has 2 aliphatic heterocycles. The third-order valence-corrected chi connectivity index (χ3v) is 10.7. The lowest BCUT2D eigenvalue weighted by Gasteiger charge is -2.35. The highest BCUT2D eigenvalue weighted by Crippen LogP contribution is 2.26. The molecule has 0 saturated carbocycles. The molecule has 2 saturated heterocycles. The van der Waals surface area contributed by atoms with Gasteiger partial charge in [-0.15, -0.1) is 0 Å². The highest BCUT2D eigenvalue weighted by Gasteiger charge is 2.21. The van der Waals surface area contributed by atoms with Crippen LogP contribution in [0.2, 0.25) is 20.1 Å². The van der Waals surface area contributed by atoms with Crippen LogP contribution in [0.3, 0.4) is 0 Å². The maximum absolute atomic E-state index is 11.3. The van der Waals surface area contributed by atoms with Crippen LogP contribution in [-0.2, 0) is 9.53 Å². The van der Waals surface area contributed by atoms with E-state index in [1.165, 1.54) is 6.42 Å². The quantitative estimate of drug-likeness (QED) is 0.124. The monoisotopic (exact) mass is 805 g/mol. The average molecular weight is 808 g/mol. The summed E-state index contributed by atoms with van der Waals surface area (Å²) in [7, 11) is 0. The Hall–Kier alpha value is -3.03. The second-order valence-electron chi connectivity index (χ2n) is 13.6. The van der Waals surface area contributed by atoms with E-state index >= 15 is 0 Å². The lowest BCUT2D eigenvalue weighted by molar-refractivity contribution is -0.130. The number of rotatable bonds is 14. The van der Waals surface area contributed by atoms with Gasteiger partial charge in [0, 0.05) is 83.8 Å². The highest BCUT2D eigenvalue weighted by atomic mass is 35.5. The molecule has 2 fully saturated rings. The van der Waals surface area contributed by atoms with Crippen LogP contribution in [0, 0.1) is 0 Å². The SMILES string of the molecule is CC(=O)N1CCN(CCCCNc2ccn(-c3ccc(Cl)c(Cl)c3)n2)CC1.CC1CN(CCCCNc2ccn(-c3ccc(Cl)c(Cl)c3)n2)CC(C)O1. The molecule has 53 heavy (non-hydrogen) atoms. The molecule has 11 nitrogen and oxygen atoms in total. The molecule has 4 heterocycles. The van der Waals surface area contributed by atoms with Crippen molar-refractivity contribution in [1.29, 1.82) is 0 Å². The molecule has 2 atom stereocenters. The molecular formula is C38H51Cl4N9O2. The van der Waals surface area contributed by atoms with E-state index in [2.05, 4.69) is 44.5 Å². The van der Waals surface area contributed by atoms with Gasteiger partial charge < -0.3 is 20.3 Å². The average Bonchev–Trinajstić information content (AvgIpc) is 3.81. The minimum atomic E-state index is 0.180. The fourth-order valence-electron chi connectivity index (χ4n) is 6.49. The second kappa shape index (κ2) is 20.6. The lowest BCUT2D eigenvalue weighted by Crippen LogP contribution is -2.48. The van der Waals surface area contributed by atoms with Crippen molar-refractivity contribution < 1.29 is 9.53 Å². The first-order valence-corrected chi connectivity index (χ1v) is 19.9. The lowest BCUT2D eigenvalue weighted by atomic mass is 10.2. The van der Waals surface area contributed by atoms with Crippen molar-refractivity contribution in [3.05, 3.63) is 81.0 Å². The van der Waals surface area contributed by atoms with Crippen molar-refractivity contribution >= 4 is 63.9 Å². The number of amides is 1. The van der Waals surface area contributed by atoms with E-state index in [1.54, 1.807) is 34.5 Å². The number of carbonyl (C=O) groups is 1. The number of morpholine rings is 1. The van der Waals surface area contributed by atoms with E-state index in [9.17, 15) is 4.79 Å². The number of anilines is 2. The number of halogens is 4. The van der Waals surface area contributed by atoms with Gasteiger partial charge in [-0.3, -0.25) is 14.6 Å². The summed E-state index contributed by atoms with van der Waals surface area (Å²) in [6, 6.07) is 14.9. The summed E-state index contributed by atoms with van der Waals surface area (Å²) >= 11 is 24.0. The van der Waals surface area contributed by atoms with Crippen molar-refractivity contribution in [1.82, 2.24) is 34.3 Å². The minimum Gasteiger partial charge on any atom is -0.373 e. The van der Waals surface area contributed by atoms with Crippen LogP contribution < -0.4 is 10.6 Å². The van der Waals surface area contributed by atoms with Gasteiger partial charge in [0.05, 0.1) is 43.7 Å². The van der Waals surface area contributed by atoms with Gasteiger partial charge in [-0.25, -0.2) is 9.36 Å². The number of piperazine rings is 1. The Morgan fingerprint density at radius 3 is 1.60 bits per heavy atom. The molecule has 4 aromatic rings. The van der Waals surface area contributed by atoms with Gasteiger partial charge in [0.25, 0.3) is 0 Å². The first kappa shape index (κ1) is 41.1. The maximum atomic E-state index is 11.3. The first-order chi connectivity index (χ1) is 25.5. The zero-order valence-corrected chi connectivity index (χ0v) is 33.8. The van der Waals surface area contributed by atoms with Crippen molar-refractivity contribution in [2.75, 3.05) is 76.1 Å². The molecule has 2 unspecified atom stereocenters. The van der Waals surface area contributed by atoms with Crippen LogP contribution in [0.25, 0.3) is 11.4 Å². The number of benzene rings is 2. The largest absolute Gasteiger partial charge is 0.373 e. The van der Waals surface area contributed by atoms with E-state index in [4.69, 9.17) is 51.1 Å². The summed E-state index contributed by atoms with van der Waals surface area (Å²) in [5.74, 6) is 1.89. The summed E-state index contributed by atoms with van der Waals surface area (Å²) < 4.78 is 9.34. The second-order valence-corrected chi connectivity index (χ2v) is 15.2. The van der Waals surface area contributed by atoms with Gasteiger partial charge in [0.2, 0.25) is 5.91 Å². The molecule has 6 rings (SSSR count). The summed E-state index contributed by atoms with van der Waals surface area (Å²) in [5, 5.41) is 17.9. The Morgan fingerprint density at radius 1 is 0.679 bits per heavy atom. The molecule has 15 heteroatoms. The van der Waals surface area contributed by atoms with Crippen molar-refractivity contribution in [3.8, 4) is 11.4 Å². The van der Waals surface area contributed by atoms with Gasteiger partial charge in [-0.05, 0) is 89.0 Å². The van der Waals surface area contributed by atoms with Crippen LogP contribution in [0.5, 0.6) is 0 Å². The maximum Gasteiger partial charge on any atom is 0.219 e. The first-order valence-electron chi connectivity index (χ1n) is 18.4. The van der Waals surface area contributed by atoms with Crippen LogP contribution in [0.1, 0.15) is 46.5 Å². The standard InChI is InChI=1S/C19H25Cl2N5O.C19H26Cl2N4O/c1-15(27)25-12-10-24(11-13-25)8-3-2-7-22-19-6-9-26(23-19)16-4-5-17(20)18(21)14-16;1-14-12-24(13-15(2)26-14)9-4-3-8-22-19-7-10-25(23-19)16-5-6-17(20)18(21)11-16/h4-6,9,14H,2-3,7-8,10-13H2,1H3,(H,22,23);5-7,10-11,14-15H,3-4,8-9,12-13H2,1-2H3,(H,22,23). The summed E-state index contributed by atoms with van der Waals surface area (Å²) in [6.07, 6.45) is 8.96. The number of nitrogens with one attached hydrogen (secondary N) is 2. The predicted molar refractivity (Wildman–Crippen MR) is 218 cm³/mol. The van der Waals surface area contributed by atoms with E-state index in [0.717, 1.165) is 108 Å². The van der Waals surface area contributed by atoms with Crippen molar-refractivity contribution in [2.24, 2.45) is 0 Å². The molecule has 2 aromatic heterocycles.